The third-order valence-corrected chi connectivity index (χ3v) is 7.34. The molecule has 0 N–H and O–H groups in total. The number of nitrogens with zero attached hydrogens (tertiary/aromatic N) is 6. The number of aliphatic imine (C=N–C) groups is 2. The van der Waals surface area contributed by atoms with Crippen molar-refractivity contribution < 1.29 is 9.47 Å². The number of benzene rings is 1. The van der Waals surface area contributed by atoms with Crippen molar-refractivity contribution in [2.24, 2.45) is 9.98 Å². The second kappa shape index (κ2) is 13.7. The average Bonchev–Trinajstić information content (AvgIpc) is 3.38. The number of likely N-dealkylation sites (tertiary alicyclic amines) is 1. The molecule has 8 nitrogen and oxygen atoms in total. The van der Waals surface area contributed by atoms with Gasteiger partial charge in [-0.15, -0.1) is 11.8 Å². The number of thioether (sulfide) groups is 1. The maximum absolute atomic E-state index is 9.83. The molecule has 1 aromatic heterocycles. The number of rotatable bonds is 10. The second-order valence-corrected chi connectivity index (χ2v) is 11.6. The van der Waals surface area contributed by atoms with E-state index in [9.17, 15) is 5.26 Å². The molecule has 0 saturated carbocycles. The number of hydrogen-bond acceptors (Lipinski definition) is 9. The monoisotopic (exact) mass is 544 g/mol. The summed E-state index contributed by atoms with van der Waals surface area (Å²) in [4.78, 5) is 19.5. The zero-order valence-corrected chi connectivity index (χ0v) is 23.7. The first kappa shape index (κ1) is 28.7. The van der Waals surface area contributed by atoms with Crippen LogP contribution in [0.2, 0.25) is 0 Å². The van der Waals surface area contributed by atoms with Gasteiger partial charge in [-0.3, -0.25) is 9.89 Å². The van der Waals surface area contributed by atoms with Crippen molar-refractivity contribution in [1.82, 2.24) is 14.9 Å². The van der Waals surface area contributed by atoms with Gasteiger partial charge in [-0.25, -0.2) is 9.98 Å². The molecule has 0 aliphatic carbocycles. The molecule has 3 heterocycles. The van der Waals surface area contributed by atoms with E-state index in [0.717, 1.165) is 48.8 Å². The van der Waals surface area contributed by atoms with Gasteiger partial charge in [0, 0.05) is 37.8 Å². The van der Waals surface area contributed by atoms with Gasteiger partial charge >= 0.3 is 6.01 Å². The minimum Gasteiger partial charge on any atom is -0.459 e. The molecule has 0 spiro atoms. The molecule has 1 fully saturated rings. The van der Waals surface area contributed by atoms with Crippen molar-refractivity contribution >= 4 is 23.5 Å². The minimum absolute atomic E-state index is 0.0820. The predicted octanol–water partition coefficient (Wildman–Crippen LogP) is 5.69. The molecule has 0 bridgehead atoms. The van der Waals surface area contributed by atoms with Crippen LogP contribution in [0.1, 0.15) is 56.4 Å². The van der Waals surface area contributed by atoms with E-state index in [0.29, 0.717) is 24.2 Å². The molecule has 1 atom stereocenters. The maximum Gasteiger partial charge on any atom is 0.316 e. The van der Waals surface area contributed by atoms with Crippen molar-refractivity contribution in [3.63, 3.8) is 0 Å². The third-order valence-electron chi connectivity index (χ3n) is 6.28. The first-order valence-electron chi connectivity index (χ1n) is 13.2. The van der Waals surface area contributed by atoms with Crippen molar-refractivity contribution in [3.05, 3.63) is 77.4 Å². The van der Waals surface area contributed by atoms with Crippen LogP contribution in [0.15, 0.2) is 70.6 Å². The summed E-state index contributed by atoms with van der Waals surface area (Å²) >= 11 is 1.54. The molecular formula is C30H36N6O2S. The molecule has 4 rings (SSSR count). The lowest BCUT2D eigenvalue weighted by atomic mass is 10.0. The molecular weight excluding hydrogens is 508 g/mol. The van der Waals surface area contributed by atoms with Crippen molar-refractivity contribution in [2.45, 2.75) is 64.4 Å². The molecule has 2 aliphatic heterocycles. The van der Waals surface area contributed by atoms with E-state index in [4.69, 9.17) is 9.47 Å². The molecule has 2 aliphatic rings. The largest absolute Gasteiger partial charge is 0.459 e. The summed E-state index contributed by atoms with van der Waals surface area (Å²) in [6.07, 6.45) is 9.37. The van der Waals surface area contributed by atoms with Crippen LogP contribution >= 0.6 is 11.8 Å². The van der Waals surface area contributed by atoms with E-state index in [-0.39, 0.29) is 11.6 Å². The van der Waals surface area contributed by atoms with E-state index in [1.807, 2.05) is 6.08 Å². The summed E-state index contributed by atoms with van der Waals surface area (Å²) < 4.78 is 12.0. The summed E-state index contributed by atoms with van der Waals surface area (Å²) in [6, 6.07) is 12.8. The SMILES string of the molecule is C=NC=CC=C1CSC(C(C#N)c2ccnc(OCc3ccc(CN4CCC(OC(C)(C)C)CC4)cc3)n2)=N1. The lowest BCUT2D eigenvalue weighted by Gasteiger charge is -2.35. The molecule has 1 unspecified atom stereocenters. The Morgan fingerprint density at radius 1 is 1.21 bits per heavy atom. The van der Waals surface area contributed by atoms with Crippen LogP contribution < -0.4 is 4.74 Å². The third kappa shape index (κ3) is 8.85. The fourth-order valence-corrected chi connectivity index (χ4v) is 5.45. The van der Waals surface area contributed by atoms with Crippen LogP contribution in [-0.2, 0) is 17.9 Å². The van der Waals surface area contributed by atoms with Crippen LogP contribution in [0.5, 0.6) is 6.01 Å². The smallest absolute Gasteiger partial charge is 0.316 e. The number of piperidine rings is 1. The lowest BCUT2D eigenvalue weighted by molar-refractivity contribution is -0.0827. The van der Waals surface area contributed by atoms with Gasteiger partial charge in [-0.1, -0.05) is 24.3 Å². The van der Waals surface area contributed by atoms with E-state index >= 15 is 0 Å². The summed E-state index contributed by atoms with van der Waals surface area (Å²) in [6.45, 7) is 13.2. The van der Waals surface area contributed by atoms with Gasteiger partial charge in [0.25, 0.3) is 0 Å². The normalized spacial score (nSPS) is 18.7. The summed E-state index contributed by atoms with van der Waals surface area (Å²) in [5.41, 5.74) is 3.69. The molecule has 204 valence electrons. The van der Waals surface area contributed by atoms with Crippen LogP contribution in [-0.4, -0.2) is 57.2 Å². The standard InChI is InChI=1S/C30H36N6O2S/c1-30(2,3)38-25-12-16-36(17-13-25)19-22-7-9-23(10-8-22)20-37-29-33-15-11-27(35-29)26(18-31)28-34-24(21-39-28)6-5-14-32-4/h5-11,14-15,25-26H,4,12-13,16-17,19-21H2,1-3H3. The number of aromatic nitrogens is 2. The van der Waals surface area contributed by atoms with E-state index in [2.05, 4.69) is 82.7 Å². The minimum atomic E-state index is -0.572. The molecule has 39 heavy (non-hydrogen) atoms. The first-order valence-corrected chi connectivity index (χ1v) is 14.2. The quantitative estimate of drug-likeness (QED) is 0.355. The van der Waals surface area contributed by atoms with Crippen molar-refractivity contribution in [2.75, 3.05) is 18.8 Å². The van der Waals surface area contributed by atoms with Gasteiger partial charge in [-0.2, -0.15) is 10.2 Å². The van der Waals surface area contributed by atoms with Crippen LogP contribution in [0.3, 0.4) is 0 Å². The zero-order chi connectivity index (χ0) is 27.7. The highest BCUT2D eigenvalue weighted by Gasteiger charge is 2.26. The highest BCUT2D eigenvalue weighted by Crippen LogP contribution is 2.31. The molecule has 2 aromatic rings. The zero-order valence-electron chi connectivity index (χ0n) is 22.9. The van der Waals surface area contributed by atoms with Crippen LogP contribution in [0.4, 0.5) is 0 Å². The predicted molar refractivity (Wildman–Crippen MR) is 157 cm³/mol. The Bertz CT molecular complexity index is 1250. The number of allylic oxidation sites excluding steroid dienone is 2. The van der Waals surface area contributed by atoms with Gasteiger partial charge in [0.15, 0.2) is 0 Å². The van der Waals surface area contributed by atoms with Crippen molar-refractivity contribution in [1.29, 1.82) is 5.26 Å². The number of hydrogen-bond donors (Lipinski definition) is 0. The Kier molecular flexibility index (Phi) is 10.0. The number of ether oxygens (including phenoxy) is 2. The van der Waals surface area contributed by atoms with Gasteiger partial charge in [0.1, 0.15) is 12.5 Å². The Labute approximate surface area is 235 Å². The Balaban J connectivity index is 1.29. The maximum atomic E-state index is 9.83. The molecule has 1 aromatic carbocycles. The molecule has 9 heteroatoms. The van der Waals surface area contributed by atoms with Gasteiger partial charge in [0.2, 0.25) is 0 Å². The lowest BCUT2D eigenvalue weighted by Crippen LogP contribution is -2.39. The Morgan fingerprint density at radius 2 is 1.95 bits per heavy atom. The second-order valence-electron chi connectivity index (χ2n) is 10.6. The Morgan fingerprint density at radius 3 is 2.64 bits per heavy atom. The fraction of sp³-hybridized carbons (Fsp3) is 0.433. The number of nitriles is 1. The van der Waals surface area contributed by atoms with Gasteiger partial charge < -0.3 is 9.47 Å². The summed E-state index contributed by atoms with van der Waals surface area (Å²) in [7, 11) is 0. The highest BCUT2D eigenvalue weighted by atomic mass is 32.2. The Hall–Kier alpha value is -3.32. The van der Waals surface area contributed by atoms with Gasteiger partial charge in [-0.05, 0) is 69.7 Å². The molecule has 1 saturated heterocycles. The highest BCUT2D eigenvalue weighted by molar-refractivity contribution is 8.14. The molecule has 0 radical (unpaired) electrons. The topological polar surface area (TPSA) is 96.0 Å². The van der Waals surface area contributed by atoms with Crippen LogP contribution in [0.25, 0.3) is 0 Å². The van der Waals surface area contributed by atoms with E-state index in [1.165, 1.54) is 17.3 Å². The average molecular weight is 545 g/mol. The summed E-state index contributed by atoms with van der Waals surface area (Å²) in [5, 5.41) is 10.5. The summed E-state index contributed by atoms with van der Waals surface area (Å²) in [5.74, 6) is 0.126. The van der Waals surface area contributed by atoms with Crippen LogP contribution in [0, 0.1) is 11.3 Å². The first-order chi connectivity index (χ1) is 18.8. The van der Waals surface area contributed by atoms with Gasteiger partial charge in [0.05, 0.1) is 34.2 Å². The van der Waals surface area contributed by atoms with E-state index in [1.54, 1.807) is 24.5 Å². The fourth-order valence-electron chi connectivity index (χ4n) is 4.47. The molecule has 0 amide bonds. The van der Waals surface area contributed by atoms with Crippen molar-refractivity contribution in [3.8, 4) is 12.1 Å². The van der Waals surface area contributed by atoms with E-state index < -0.39 is 5.92 Å².